The Labute approximate surface area is 207 Å². The number of carbonyl (C=O) groups excluding carboxylic acids is 1. The summed E-state index contributed by atoms with van der Waals surface area (Å²) in [6, 6.07) is 11.9. The number of rotatable bonds is 4. The summed E-state index contributed by atoms with van der Waals surface area (Å²) in [7, 11) is 3.99. The first-order chi connectivity index (χ1) is 16.7. The third-order valence-corrected chi connectivity index (χ3v) is 9.60. The van der Waals surface area contributed by atoms with Gasteiger partial charge in [-0.1, -0.05) is 42.8 Å². The molecular formula is C29H36N2O4. The van der Waals surface area contributed by atoms with Gasteiger partial charge in [0.1, 0.15) is 6.10 Å². The van der Waals surface area contributed by atoms with Crippen LogP contribution in [0.5, 0.6) is 11.5 Å². The highest BCUT2D eigenvalue weighted by molar-refractivity contribution is 5.77. The van der Waals surface area contributed by atoms with Gasteiger partial charge in [0.05, 0.1) is 17.1 Å². The Balaban J connectivity index is 1.37. The minimum absolute atomic E-state index is 0.00364. The number of carbonyl (C=O) groups is 1. The van der Waals surface area contributed by atoms with Crippen LogP contribution in [0.25, 0.3) is 0 Å². The van der Waals surface area contributed by atoms with Crippen molar-refractivity contribution in [3.63, 3.8) is 0 Å². The van der Waals surface area contributed by atoms with Crippen LogP contribution in [0.1, 0.15) is 48.4 Å². The average Bonchev–Trinajstić information content (AvgIpc) is 3.16. The van der Waals surface area contributed by atoms with Crippen molar-refractivity contribution in [2.45, 2.75) is 75.2 Å². The SMILES string of the molecule is Cc1cccc(CCC(=O)N(C)C2C(C)C[C@@]3(O)[C@H]4Cc5ccc(O)c6c5[C@@]3(CCN4C)C2O6)c1. The summed E-state index contributed by atoms with van der Waals surface area (Å²) < 4.78 is 6.62. The fourth-order valence-corrected chi connectivity index (χ4v) is 8.05. The number of hydrogen-bond donors (Lipinski definition) is 2. The number of benzene rings is 2. The van der Waals surface area contributed by atoms with Gasteiger partial charge in [0, 0.05) is 25.1 Å². The molecule has 2 bridgehead atoms. The van der Waals surface area contributed by atoms with Crippen LogP contribution in [0.3, 0.4) is 0 Å². The first-order valence-corrected chi connectivity index (χ1v) is 12.9. The van der Waals surface area contributed by atoms with E-state index in [4.69, 9.17) is 4.74 Å². The molecule has 1 saturated heterocycles. The van der Waals surface area contributed by atoms with Crippen molar-refractivity contribution in [1.29, 1.82) is 0 Å². The van der Waals surface area contributed by atoms with Gasteiger partial charge in [-0.15, -0.1) is 0 Å². The van der Waals surface area contributed by atoms with Crippen LogP contribution in [0.2, 0.25) is 0 Å². The van der Waals surface area contributed by atoms with E-state index in [9.17, 15) is 15.0 Å². The summed E-state index contributed by atoms with van der Waals surface area (Å²) in [4.78, 5) is 17.7. The summed E-state index contributed by atoms with van der Waals surface area (Å²) in [6.07, 6.45) is 2.85. The number of hydrogen-bond acceptors (Lipinski definition) is 5. The van der Waals surface area contributed by atoms with Gasteiger partial charge in [-0.05, 0) is 69.3 Å². The molecule has 2 aromatic rings. The number of aromatic hydroxyl groups is 1. The third-order valence-electron chi connectivity index (χ3n) is 9.60. The largest absolute Gasteiger partial charge is 0.504 e. The molecule has 6 heteroatoms. The van der Waals surface area contributed by atoms with E-state index in [1.807, 2.05) is 24.1 Å². The number of phenolic OH excluding ortho intramolecular Hbond substituents is 1. The van der Waals surface area contributed by atoms with Gasteiger partial charge in [-0.25, -0.2) is 0 Å². The highest BCUT2D eigenvalue weighted by Gasteiger charge is 2.74. The van der Waals surface area contributed by atoms with Gasteiger partial charge >= 0.3 is 0 Å². The van der Waals surface area contributed by atoms with Crippen LogP contribution in [0.4, 0.5) is 0 Å². The maximum absolute atomic E-state index is 13.5. The van der Waals surface area contributed by atoms with Crippen molar-refractivity contribution in [3.8, 4) is 11.5 Å². The van der Waals surface area contributed by atoms with Crippen molar-refractivity contribution in [2.24, 2.45) is 5.92 Å². The van der Waals surface area contributed by atoms with E-state index < -0.39 is 11.0 Å². The fraction of sp³-hybridized carbons (Fsp3) is 0.552. The van der Waals surface area contributed by atoms with Crippen molar-refractivity contribution in [1.82, 2.24) is 9.80 Å². The number of likely N-dealkylation sites (N-methyl/N-ethyl adjacent to an activating group) is 2. The van der Waals surface area contributed by atoms with Crippen LogP contribution < -0.4 is 4.74 Å². The summed E-state index contributed by atoms with van der Waals surface area (Å²) in [5.41, 5.74) is 2.94. The number of ether oxygens (including phenoxy) is 1. The Morgan fingerprint density at radius 2 is 2.09 bits per heavy atom. The second kappa shape index (κ2) is 7.71. The minimum Gasteiger partial charge on any atom is -0.504 e. The molecule has 2 heterocycles. The Hall–Kier alpha value is -2.57. The highest BCUT2D eigenvalue weighted by Crippen LogP contribution is 2.66. The van der Waals surface area contributed by atoms with E-state index in [0.717, 1.165) is 30.5 Å². The number of phenols is 1. The lowest BCUT2D eigenvalue weighted by Gasteiger charge is -2.65. The fourth-order valence-electron chi connectivity index (χ4n) is 8.05. The zero-order valence-electron chi connectivity index (χ0n) is 21.1. The molecular weight excluding hydrogens is 440 g/mol. The normalized spacial score (nSPS) is 34.8. The van der Waals surface area contributed by atoms with Crippen LogP contribution in [-0.2, 0) is 23.1 Å². The van der Waals surface area contributed by atoms with Crippen LogP contribution in [-0.4, -0.2) is 70.3 Å². The van der Waals surface area contributed by atoms with E-state index >= 15 is 0 Å². The van der Waals surface area contributed by atoms with Gasteiger partial charge in [-0.2, -0.15) is 0 Å². The average molecular weight is 477 g/mol. The molecule has 3 unspecified atom stereocenters. The Bertz CT molecular complexity index is 1200. The van der Waals surface area contributed by atoms with E-state index in [1.165, 1.54) is 11.1 Å². The summed E-state index contributed by atoms with van der Waals surface area (Å²) in [5.74, 6) is 0.799. The maximum atomic E-state index is 13.5. The van der Waals surface area contributed by atoms with Gasteiger partial charge in [0.25, 0.3) is 0 Å². The topological polar surface area (TPSA) is 73.2 Å². The number of nitrogens with zero attached hydrogens (tertiary/aromatic N) is 2. The van der Waals surface area contributed by atoms with Gasteiger partial charge in [0.2, 0.25) is 5.91 Å². The first kappa shape index (κ1) is 22.9. The molecule has 186 valence electrons. The summed E-state index contributed by atoms with van der Waals surface area (Å²) in [5, 5.41) is 23.2. The van der Waals surface area contributed by atoms with Crippen molar-refractivity contribution in [3.05, 3.63) is 58.7 Å². The lowest BCUT2D eigenvalue weighted by atomic mass is 9.47. The first-order valence-electron chi connectivity index (χ1n) is 12.9. The molecule has 4 aliphatic rings. The van der Waals surface area contributed by atoms with E-state index in [0.29, 0.717) is 25.0 Å². The zero-order valence-corrected chi connectivity index (χ0v) is 21.1. The Morgan fingerprint density at radius 3 is 2.86 bits per heavy atom. The number of aliphatic hydroxyl groups is 1. The van der Waals surface area contributed by atoms with Crippen molar-refractivity contribution in [2.75, 3.05) is 20.6 Å². The van der Waals surface area contributed by atoms with Crippen molar-refractivity contribution < 1.29 is 19.7 Å². The molecule has 2 aromatic carbocycles. The molecule has 6 atom stereocenters. The quantitative estimate of drug-likeness (QED) is 0.709. The molecule has 2 fully saturated rings. The third kappa shape index (κ3) is 2.99. The predicted molar refractivity (Wildman–Crippen MR) is 134 cm³/mol. The van der Waals surface area contributed by atoms with Crippen molar-refractivity contribution >= 4 is 5.91 Å². The van der Waals surface area contributed by atoms with Crippen LogP contribution in [0.15, 0.2) is 36.4 Å². The molecule has 0 aromatic heterocycles. The summed E-state index contributed by atoms with van der Waals surface area (Å²) in [6.45, 7) is 5.06. The van der Waals surface area contributed by atoms with Gasteiger partial charge in [-0.3, -0.25) is 4.79 Å². The van der Waals surface area contributed by atoms with Gasteiger partial charge < -0.3 is 24.7 Å². The molecule has 6 nitrogen and oxygen atoms in total. The lowest BCUT2D eigenvalue weighted by Crippen LogP contribution is -2.79. The number of piperidine rings is 1. The van der Waals surface area contributed by atoms with Crippen LogP contribution >= 0.6 is 0 Å². The smallest absolute Gasteiger partial charge is 0.223 e. The molecule has 2 N–H and O–H groups in total. The standard InChI is InChI=1S/C29H36N2O4/c1-17-6-5-7-19(14-17)8-11-23(33)31(4)25-18(2)16-29(34)22-15-20-9-10-21(32)26-24(20)28(29,27(25)35-26)12-13-30(22)3/h5-7,9-10,14,18,22,25,27,32,34H,8,11-13,15-16H2,1-4H3/t18?,22-,25?,27?,28+,29-/m1/s1. The molecule has 1 amide bonds. The molecule has 6 rings (SSSR count). The van der Waals surface area contributed by atoms with E-state index in [1.54, 1.807) is 6.07 Å². The molecule has 35 heavy (non-hydrogen) atoms. The Kier molecular flexibility index (Phi) is 5.04. The van der Waals surface area contributed by atoms with E-state index in [2.05, 4.69) is 44.0 Å². The molecule has 2 aliphatic heterocycles. The second-order valence-electron chi connectivity index (χ2n) is 11.5. The minimum atomic E-state index is -0.960. The highest BCUT2D eigenvalue weighted by atomic mass is 16.5. The maximum Gasteiger partial charge on any atom is 0.223 e. The molecule has 2 aliphatic carbocycles. The molecule has 1 spiro atoms. The summed E-state index contributed by atoms with van der Waals surface area (Å²) >= 11 is 0. The molecule has 0 radical (unpaired) electrons. The number of likely N-dealkylation sites (tertiary alicyclic amines) is 1. The number of amides is 1. The molecule has 1 saturated carbocycles. The monoisotopic (exact) mass is 476 g/mol. The number of aryl methyl sites for hydroxylation is 2. The predicted octanol–water partition coefficient (Wildman–Crippen LogP) is 3.19. The van der Waals surface area contributed by atoms with Crippen LogP contribution in [0, 0.1) is 12.8 Å². The second-order valence-corrected chi connectivity index (χ2v) is 11.5. The lowest BCUT2D eigenvalue weighted by molar-refractivity contribution is -0.208. The van der Waals surface area contributed by atoms with E-state index in [-0.39, 0.29) is 35.8 Å². The zero-order chi connectivity index (χ0) is 24.7. The van der Waals surface area contributed by atoms with Gasteiger partial charge in [0.15, 0.2) is 11.5 Å². The Morgan fingerprint density at radius 1 is 1.29 bits per heavy atom.